The quantitative estimate of drug-likeness (QED) is 0.635. The monoisotopic (exact) mass is 440 g/mol. The highest BCUT2D eigenvalue weighted by Gasteiger charge is 2.32. The molecule has 0 bridgehead atoms. The molecule has 8 heteroatoms. The number of benzene rings is 2. The first-order valence-corrected chi connectivity index (χ1v) is 10.2. The van der Waals surface area contributed by atoms with Crippen LogP contribution in [0.3, 0.4) is 0 Å². The van der Waals surface area contributed by atoms with E-state index in [-0.39, 0.29) is 11.3 Å². The molecule has 1 aromatic heterocycles. The third-order valence-electron chi connectivity index (χ3n) is 4.78. The van der Waals surface area contributed by atoms with Crippen molar-refractivity contribution in [2.45, 2.75) is 13.0 Å². The first-order valence-electron chi connectivity index (χ1n) is 9.04. The van der Waals surface area contributed by atoms with Gasteiger partial charge >= 0.3 is 5.97 Å². The average molecular weight is 441 g/mol. The molecule has 3 aromatic rings. The smallest absolute Gasteiger partial charge is 0.338 e. The average Bonchev–Trinajstić information content (AvgIpc) is 3.02. The summed E-state index contributed by atoms with van der Waals surface area (Å²) < 4.78 is 6.92. The van der Waals surface area contributed by atoms with Gasteiger partial charge in [0.05, 0.1) is 29.0 Å². The Morgan fingerprint density at radius 1 is 1.27 bits per heavy atom. The number of halogens is 1. The molecule has 1 atom stereocenters. The van der Waals surface area contributed by atoms with Crippen LogP contribution in [-0.4, -0.2) is 22.8 Å². The Bertz CT molecular complexity index is 1350. The Morgan fingerprint density at radius 2 is 2.00 bits per heavy atom. The van der Waals surface area contributed by atoms with Crippen molar-refractivity contribution in [3.05, 3.63) is 95.6 Å². The first kappa shape index (κ1) is 20.1. The number of aromatic nitrogens is 1. The molecule has 1 N–H and O–H groups in total. The number of allylic oxidation sites excluding steroid dienone is 1. The lowest BCUT2D eigenvalue weighted by atomic mass is 9.96. The molecular formula is C22H17ClN2O4S. The Balaban J connectivity index is 1.98. The number of hydrogen-bond acceptors (Lipinski definition) is 6. The number of esters is 1. The van der Waals surface area contributed by atoms with Crippen LogP contribution in [0.2, 0.25) is 5.02 Å². The number of aromatic hydroxyl groups is 1. The Kier molecular flexibility index (Phi) is 5.32. The van der Waals surface area contributed by atoms with Crippen LogP contribution in [0, 0.1) is 0 Å². The number of phenols is 1. The van der Waals surface area contributed by atoms with Crippen molar-refractivity contribution in [1.82, 2.24) is 4.57 Å². The molecule has 1 aliphatic heterocycles. The largest absolute Gasteiger partial charge is 0.508 e. The van der Waals surface area contributed by atoms with Crippen LogP contribution in [0.4, 0.5) is 0 Å². The second-order valence-corrected chi connectivity index (χ2v) is 8.17. The summed E-state index contributed by atoms with van der Waals surface area (Å²) in [5.41, 5.74) is 1.92. The van der Waals surface area contributed by atoms with Gasteiger partial charge in [0.25, 0.3) is 5.56 Å². The third-order valence-corrected chi connectivity index (χ3v) is 6.02. The van der Waals surface area contributed by atoms with Gasteiger partial charge in [0.15, 0.2) is 4.80 Å². The number of carbonyl (C=O) groups is 1. The van der Waals surface area contributed by atoms with Crippen LogP contribution < -0.4 is 14.9 Å². The Labute approximate surface area is 180 Å². The van der Waals surface area contributed by atoms with Crippen molar-refractivity contribution < 1.29 is 14.6 Å². The number of ether oxygens (including phenoxy) is 1. The molecule has 30 heavy (non-hydrogen) atoms. The van der Waals surface area contributed by atoms with E-state index in [1.54, 1.807) is 61.5 Å². The lowest BCUT2D eigenvalue weighted by Gasteiger charge is -2.24. The van der Waals surface area contributed by atoms with E-state index in [0.717, 1.165) is 5.56 Å². The van der Waals surface area contributed by atoms with E-state index in [0.29, 0.717) is 31.2 Å². The van der Waals surface area contributed by atoms with Crippen LogP contribution in [0.1, 0.15) is 24.1 Å². The topological polar surface area (TPSA) is 80.9 Å². The van der Waals surface area contributed by atoms with Crippen molar-refractivity contribution >= 4 is 35.0 Å². The van der Waals surface area contributed by atoms with E-state index < -0.39 is 12.0 Å². The molecule has 0 radical (unpaired) electrons. The summed E-state index contributed by atoms with van der Waals surface area (Å²) in [5.74, 6) is -0.433. The van der Waals surface area contributed by atoms with Crippen LogP contribution in [0.15, 0.2) is 69.6 Å². The molecule has 4 rings (SSSR count). The van der Waals surface area contributed by atoms with Crippen LogP contribution in [-0.2, 0) is 9.53 Å². The van der Waals surface area contributed by atoms with E-state index in [9.17, 15) is 14.7 Å². The third kappa shape index (κ3) is 3.58. The highest BCUT2D eigenvalue weighted by Crippen LogP contribution is 2.31. The molecule has 1 aliphatic rings. The van der Waals surface area contributed by atoms with Crippen molar-refractivity contribution in [3.63, 3.8) is 0 Å². The predicted molar refractivity (Wildman–Crippen MR) is 115 cm³/mol. The molecule has 0 spiro atoms. The van der Waals surface area contributed by atoms with Crippen molar-refractivity contribution in [2.75, 3.05) is 7.11 Å². The zero-order valence-corrected chi connectivity index (χ0v) is 17.7. The van der Waals surface area contributed by atoms with Crippen molar-refractivity contribution in [1.29, 1.82) is 0 Å². The maximum atomic E-state index is 13.3. The van der Waals surface area contributed by atoms with Crippen LogP contribution >= 0.6 is 22.9 Å². The summed E-state index contributed by atoms with van der Waals surface area (Å²) in [4.78, 5) is 30.9. The van der Waals surface area contributed by atoms with Crippen molar-refractivity contribution in [2.24, 2.45) is 4.99 Å². The fourth-order valence-electron chi connectivity index (χ4n) is 3.42. The maximum absolute atomic E-state index is 13.3. The molecule has 2 heterocycles. The number of rotatable bonds is 3. The molecule has 0 amide bonds. The predicted octanol–water partition coefficient (Wildman–Crippen LogP) is 2.77. The lowest BCUT2D eigenvalue weighted by Crippen LogP contribution is -2.39. The van der Waals surface area contributed by atoms with Gasteiger partial charge in [0.1, 0.15) is 5.75 Å². The van der Waals surface area contributed by atoms with Gasteiger partial charge in [0.2, 0.25) is 0 Å². The number of methoxy groups -OCH3 is 1. The van der Waals surface area contributed by atoms with Crippen molar-refractivity contribution in [3.8, 4) is 5.75 Å². The molecule has 0 saturated carbocycles. The zero-order chi connectivity index (χ0) is 21.4. The molecule has 152 valence electrons. The van der Waals surface area contributed by atoms with E-state index >= 15 is 0 Å². The van der Waals surface area contributed by atoms with E-state index in [1.807, 2.05) is 0 Å². The molecule has 2 aromatic carbocycles. The van der Waals surface area contributed by atoms with Gasteiger partial charge in [-0.25, -0.2) is 9.79 Å². The molecule has 0 fully saturated rings. The van der Waals surface area contributed by atoms with E-state index in [4.69, 9.17) is 16.3 Å². The van der Waals surface area contributed by atoms with Crippen LogP contribution in [0.25, 0.3) is 6.08 Å². The number of fused-ring (bicyclic) bond motifs is 1. The van der Waals surface area contributed by atoms with Gasteiger partial charge in [-0.2, -0.15) is 0 Å². The minimum Gasteiger partial charge on any atom is -0.508 e. The van der Waals surface area contributed by atoms with Gasteiger partial charge in [-0.1, -0.05) is 47.2 Å². The highest BCUT2D eigenvalue weighted by molar-refractivity contribution is 7.07. The SMILES string of the molecule is COC(=O)C1=C(C)N=c2s/c(=C\c3cccc(O)c3)c(=O)n2[C@@H]1c1ccc(Cl)cc1. The number of hydrogen-bond donors (Lipinski definition) is 1. The van der Waals surface area contributed by atoms with Gasteiger partial charge in [-0.05, 0) is 48.4 Å². The number of phenolic OH excluding ortho intramolecular Hbond substituents is 1. The minimum atomic E-state index is -0.683. The van der Waals surface area contributed by atoms with E-state index in [2.05, 4.69) is 4.99 Å². The second kappa shape index (κ2) is 7.93. The minimum absolute atomic E-state index is 0.111. The number of nitrogens with zero attached hydrogens (tertiary/aromatic N) is 2. The van der Waals surface area contributed by atoms with E-state index in [1.165, 1.54) is 23.0 Å². The fraction of sp³-hybridized carbons (Fsp3) is 0.136. The standard InChI is InChI=1S/C22H17ClN2O4S/c1-12-18(21(28)29-2)19(14-6-8-15(23)9-7-14)25-20(27)17(30-22(25)24-12)11-13-4-3-5-16(26)10-13/h3-11,19,26H,1-2H3/b17-11-/t19-/m1/s1. The van der Waals surface area contributed by atoms with Gasteiger partial charge < -0.3 is 9.84 Å². The zero-order valence-electron chi connectivity index (χ0n) is 16.1. The lowest BCUT2D eigenvalue weighted by molar-refractivity contribution is -0.136. The normalized spacial score (nSPS) is 16.2. The first-order chi connectivity index (χ1) is 14.4. The molecule has 0 unspecified atom stereocenters. The summed E-state index contributed by atoms with van der Waals surface area (Å²) in [6.07, 6.45) is 1.69. The summed E-state index contributed by atoms with van der Waals surface area (Å²) >= 11 is 7.25. The van der Waals surface area contributed by atoms with Gasteiger partial charge in [-0.15, -0.1) is 0 Å². The Hall–Kier alpha value is -3.16. The number of thiazole rings is 1. The maximum Gasteiger partial charge on any atom is 0.338 e. The summed E-state index contributed by atoms with van der Waals surface area (Å²) in [6.45, 7) is 1.72. The summed E-state index contributed by atoms with van der Waals surface area (Å²) in [6, 6.07) is 12.9. The fourth-order valence-corrected chi connectivity index (χ4v) is 4.59. The molecule has 0 aliphatic carbocycles. The summed E-state index contributed by atoms with van der Waals surface area (Å²) in [5, 5.41) is 10.3. The Morgan fingerprint density at radius 3 is 2.67 bits per heavy atom. The molecule has 6 nitrogen and oxygen atoms in total. The van der Waals surface area contributed by atoms with Gasteiger partial charge in [-0.3, -0.25) is 9.36 Å². The summed E-state index contributed by atoms with van der Waals surface area (Å²) in [7, 11) is 1.30. The molecular weight excluding hydrogens is 424 g/mol. The van der Waals surface area contributed by atoms with Crippen LogP contribution in [0.5, 0.6) is 5.75 Å². The molecule has 0 saturated heterocycles. The number of carbonyl (C=O) groups excluding carboxylic acids is 1. The second-order valence-electron chi connectivity index (χ2n) is 6.72. The van der Waals surface area contributed by atoms with Gasteiger partial charge in [0, 0.05) is 5.02 Å². The highest BCUT2D eigenvalue weighted by atomic mass is 35.5.